The summed E-state index contributed by atoms with van der Waals surface area (Å²) in [4.78, 5) is 0. The van der Waals surface area contributed by atoms with Gasteiger partial charge < -0.3 is 0 Å². The van der Waals surface area contributed by atoms with Crippen LogP contribution in [0.2, 0.25) is 0 Å². The average Bonchev–Trinajstić information content (AvgIpc) is 1.82. The summed E-state index contributed by atoms with van der Waals surface area (Å²) in [6.07, 6.45) is 0. The van der Waals surface area contributed by atoms with Gasteiger partial charge in [0.1, 0.15) is 0 Å². The van der Waals surface area contributed by atoms with Crippen molar-refractivity contribution < 1.29 is 0 Å². The molecule has 1 heteroatoms. The van der Waals surface area contributed by atoms with Gasteiger partial charge in [-0.3, -0.25) is 0 Å². The summed E-state index contributed by atoms with van der Waals surface area (Å²) in [5, 5.41) is 0. The molecule has 0 bridgehead atoms. The van der Waals surface area contributed by atoms with Crippen molar-refractivity contribution >= 4 is 20.9 Å². The maximum atomic E-state index is 2.24. The second kappa shape index (κ2) is 2.79. The third-order valence-electron chi connectivity index (χ3n) is 1.74. The first-order valence-corrected chi connectivity index (χ1v) is 4.65. The minimum atomic E-state index is 1.37. The molecule has 1 aromatic carbocycles. The van der Waals surface area contributed by atoms with E-state index in [1.807, 2.05) is 0 Å². The van der Waals surface area contributed by atoms with E-state index >= 15 is 0 Å². The van der Waals surface area contributed by atoms with Crippen LogP contribution in [0.3, 0.4) is 0 Å². The van der Waals surface area contributed by atoms with E-state index in [9.17, 15) is 0 Å². The standard InChI is InChI=1S/C9H12Ge/c1-6-4-7(2)9(10)8(3)5-6/h4-5,10H,1-3H3. The molecular formula is C9H12Ge. The predicted molar refractivity (Wildman–Crippen MR) is 47.4 cm³/mol. The van der Waals surface area contributed by atoms with Crippen LogP contribution in [0.4, 0.5) is 0 Å². The van der Waals surface area contributed by atoms with Crippen LogP contribution in [-0.4, -0.2) is 16.5 Å². The SMILES string of the molecule is Cc1cc(C)[c]([GeH])c(C)c1. The molecule has 52 valence electrons. The Morgan fingerprint density at radius 2 is 1.40 bits per heavy atom. The van der Waals surface area contributed by atoms with Gasteiger partial charge in [0.25, 0.3) is 0 Å². The second-order valence-electron chi connectivity index (χ2n) is 2.81. The molecule has 0 fully saturated rings. The van der Waals surface area contributed by atoms with Crippen molar-refractivity contribution in [3.8, 4) is 0 Å². The van der Waals surface area contributed by atoms with Crippen LogP contribution >= 0.6 is 0 Å². The molecule has 0 aromatic heterocycles. The summed E-state index contributed by atoms with van der Waals surface area (Å²) in [7, 11) is 0. The Hall–Kier alpha value is -0.237. The zero-order chi connectivity index (χ0) is 7.72. The zero-order valence-electron chi connectivity index (χ0n) is 6.73. The molecule has 0 amide bonds. The van der Waals surface area contributed by atoms with Gasteiger partial charge in [0.15, 0.2) is 0 Å². The Bertz CT molecular complexity index is 228. The van der Waals surface area contributed by atoms with Crippen molar-refractivity contribution in [1.82, 2.24) is 0 Å². The molecule has 0 N–H and O–H groups in total. The van der Waals surface area contributed by atoms with Gasteiger partial charge in [0, 0.05) is 0 Å². The monoisotopic (exact) mass is 194 g/mol. The Labute approximate surface area is 70.9 Å². The summed E-state index contributed by atoms with van der Waals surface area (Å²) in [6, 6.07) is 4.48. The quantitative estimate of drug-likeness (QED) is 0.541. The zero-order valence-corrected chi connectivity index (χ0v) is 9.15. The van der Waals surface area contributed by atoms with Gasteiger partial charge in [-0.05, 0) is 0 Å². The fourth-order valence-corrected chi connectivity index (χ4v) is 1.54. The Kier molecular flexibility index (Phi) is 2.19. The van der Waals surface area contributed by atoms with E-state index in [0.29, 0.717) is 0 Å². The van der Waals surface area contributed by atoms with Crippen LogP contribution < -0.4 is 4.40 Å². The topological polar surface area (TPSA) is 0 Å². The Morgan fingerprint density at radius 3 is 1.80 bits per heavy atom. The number of rotatable bonds is 0. The molecule has 0 unspecified atom stereocenters. The predicted octanol–water partition coefficient (Wildman–Crippen LogP) is 1.14. The van der Waals surface area contributed by atoms with Crippen LogP contribution in [0.5, 0.6) is 0 Å². The molecule has 0 aliphatic heterocycles. The molecule has 0 saturated heterocycles. The van der Waals surface area contributed by atoms with Crippen LogP contribution in [0.25, 0.3) is 0 Å². The van der Waals surface area contributed by atoms with Crippen LogP contribution in [0.15, 0.2) is 12.1 Å². The molecule has 10 heavy (non-hydrogen) atoms. The summed E-state index contributed by atoms with van der Waals surface area (Å²) in [5.74, 6) is 0. The summed E-state index contributed by atoms with van der Waals surface area (Å²) >= 11 is 1.72. The van der Waals surface area contributed by atoms with Crippen molar-refractivity contribution in [2.75, 3.05) is 0 Å². The van der Waals surface area contributed by atoms with E-state index in [0.717, 1.165) is 0 Å². The summed E-state index contributed by atoms with van der Waals surface area (Å²) in [6.45, 7) is 6.50. The third-order valence-corrected chi connectivity index (χ3v) is 3.65. The normalized spacial score (nSPS) is 10.0. The molecule has 1 aromatic rings. The number of hydrogen-bond donors (Lipinski definition) is 0. The van der Waals surface area contributed by atoms with E-state index in [1.165, 1.54) is 21.1 Å². The third kappa shape index (κ3) is 1.43. The molecule has 2 radical (unpaired) electrons. The number of benzene rings is 1. The first-order valence-electron chi connectivity index (χ1n) is 3.44. The summed E-state index contributed by atoms with van der Waals surface area (Å²) in [5.41, 5.74) is 4.23. The molecule has 0 saturated carbocycles. The van der Waals surface area contributed by atoms with Crippen LogP contribution in [0.1, 0.15) is 16.7 Å². The maximum absolute atomic E-state index is 2.24. The van der Waals surface area contributed by atoms with Crippen LogP contribution in [0, 0.1) is 20.8 Å². The molecule has 0 atom stereocenters. The molecule has 0 nitrogen and oxygen atoms in total. The van der Waals surface area contributed by atoms with Gasteiger partial charge in [0.2, 0.25) is 0 Å². The molecular weight excluding hydrogens is 181 g/mol. The van der Waals surface area contributed by atoms with E-state index in [4.69, 9.17) is 0 Å². The molecule has 0 aliphatic carbocycles. The first kappa shape index (κ1) is 7.87. The Morgan fingerprint density at radius 1 is 1.00 bits per heavy atom. The van der Waals surface area contributed by atoms with Crippen LogP contribution in [-0.2, 0) is 0 Å². The second-order valence-corrected chi connectivity index (χ2v) is 4.02. The van der Waals surface area contributed by atoms with Crippen molar-refractivity contribution in [1.29, 1.82) is 0 Å². The van der Waals surface area contributed by atoms with Gasteiger partial charge in [-0.15, -0.1) is 0 Å². The van der Waals surface area contributed by atoms with Gasteiger partial charge >= 0.3 is 70.5 Å². The van der Waals surface area contributed by atoms with Gasteiger partial charge in [0.05, 0.1) is 0 Å². The molecule has 0 aliphatic rings. The number of aryl methyl sites for hydroxylation is 3. The van der Waals surface area contributed by atoms with E-state index in [1.54, 1.807) is 16.5 Å². The Balaban J connectivity index is 3.31. The summed E-state index contributed by atoms with van der Waals surface area (Å²) < 4.78 is 1.48. The van der Waals surface area contributed by atoms with Gasteiger partial charge in [-0.25, -0.2) is 0 Å². The van der Waals surface area contributed by atoms with Crippen molar-refractivity contribution in [2.24, 2.45) is 0 Å². The van der Waals surface area contributed by atoms with E-state index < -0.39 is 0 Å². The minimum absolute atomic E-state index is 1.37. The fraction of sp³-hybridized carbons (Fsp3) is 0.333. The first-order chi connectivity index (χ1) is 4.61. The van der Waals surface area contributed by atoms with E-state index in [2.05, 4.69) is 32.9 Å². The van der Waals surface area contributed by atoms with Crippen molar-refractivity contribution in [3.63, 3.8) is 0 Å². The van der Waals surface area contributed by atoms with Crippen molar-refractivity contribution in [2.45, 2.75) is 20.8 Å². The van der Waals surface area contributed by atoms with E-state index in [-0.39, 0.29) is 0 Å². The molecule has 0 heterocycles. The van der Waals surface area contributed by atoms with Gasteiger partial charge in [-0.1, -0.05) is 0 Å². The molecule has 0 spiro atoms. The van der Waals surface area contributed by atoms with Gasteiger partial charge in [-0.2, -0.15) is 0 Å². The van der Waals surface area contributed by atoms with Crippen molar-refractivity contribution in [3.05, 3.63) is 28.8 Å². The molecule has 1 rings (SSSR count). The average molecular weight is 193 g/mol. The fourth-order valence-electron chi connectivity index (χ4n) is 1.19. The number of hydrogen-bond acceptors (Lipinski definition) is 0.